The zero-order valence-electron chi connectivity index (χ0n) is 10.1. The van der Waals surface area contributed by atoms with E-state index in [4.69, 9.17) is 40.1 Å². The summed E-state index contributed by atoms with van der Waals surface area (Å²) in [7, 11) is 0. The van der Waals surface area contributed by atoms with Crippen LogP contribution >= 0.6 is 34.8 Å². The van der Waals surface area contributed by atoms with E-state index in [0.717, 1.165) is 0 Å². The molecule has 0 aliphatic rings. The molecule has 2 aromatic rings. The number of rotatable bonds is 3. The van der Waals surface area contributed by atoms with E-state index in [0.29, 0.717) is 26.3 Å². The number of nitriles is 1. The van der Waals surface area contributed by atoms with Gasteiger partial charge < -0.3 is 5.32 Å². The molecule has 0 spiro atoms. The van der Waals surface area contributed by atoms with Gasteiger partial charge in [-0.1, -0.05) is 46.9 Å². The zero-order valence-corrected chi connectivity index (χ0v) is 12.3. The van der Waals surface area contributed by atoms with Crippen molar-refractivity contribution in [3.8, 4) is 6.07 Å². The highest BCUT2D eigenvalue weighted by molar-refractivity contribution is 6.41. The van der Waals surface area contributed by atoms with Crippen LogP contribution in [0.25, 0.3) is 0 Å². The predicted molar refractivity (Wildman–Crippen MR) is 79.9 cm³/mol. The molecule has 0 unspecified atom stereocenters. The van der Waals surface area contributed by atoms with Crippen molar-refractivity contribution in [2.24, 2.45) is 0 Å². The molecular weight excluding hydrogens is 322 g/mol. The molecule has 0 fully saturated rings. The van der Waals surface area contributed by atoms with Gasteiger partial charge in [0.1, 0.15) is 11.9 Å². The molecular formula is C14H8Cl3FN2. The number of hydrogen-bond acceptors (Lipinski definition) is 2. The Kier molecular flexibility index (Phi) is 4.72. The van der Waals surface area contributed by atoms with Crippen molar-refractivity contribution in [2.75, 3.05) is 5.32 Å². The standard InChI is InChI=1S/C14H8Cl3FN2/c15-10-4-11(16)14(12(17)5-10)20-7-9-3-1-2-8(6-19)13(9)18/h1-5,20H,7H2. The van der Waals surface area contributed by atoms with Crippen molar-refractivity contribution in [2.45, 2.75) is 6.54 Å². The van der Waals surface area contributed by atoms with E-state index in [1.54, 1.807) is 30.3 Å². The Morgan fingerprint density at radius 1 is 1.15 bits per heavy atom. The fourth-order valence-electron chi connectivity index (χ4n) is 1.70. The third-order valence-electron chi connectivity index (χ3n) is 2.66. The number of benzene rings is 2. The minimum Gasteiger partial charge on any atom is -0.378 e. The molecule has 0 saturated heterocycles. The summed E-state index contributed by atoms with van der Waals surface area (Å²) in [6.07, 6.45) is 0. The van der Waals surface area contributed by atoms with Gasteiger partial charge in [-0.3, -0.25) is 0 Å². The van der Waals surface area contributed by atoms with E-state index in [-0.39, 0.29) is 12.1 Å². The first kappa shape index (κ1) is 14.9. The van der Waals surface area contributed by atoms with Crippen LogP contribution in [0.2, 0.25) is 15.1 Å². The van der Waals surface area contributed by atoms with Crippen molar-refractivity contribution in [3.63, 3.8) is 0 Å². The molecule has 0 radical (unpaired) electrons. The second-order valence-electron chi connectivity index (χ2n) is 3.99. The Bertz CT molecular complexity index is 672. The second-order valence-corrected chi connectivity index (χ2v) is 5.24. The maximum absolute atomic E-state index is 13.9. The van der Waals surface area contributed by atoms with Gasteiger partial charge in [0.25, 0.3) is 0 Å². The number of hydrogen-bond donors (Lipinski definition) is 1. The Labute approximate surface area is 130 Å². The first-order valence-electron chi connectivity index (χ1n) is 5.59. The highest BCUT2D eigenvalue weighted by atomic mass is 35.5. The first-order chi connectivity index (χ1) is 9.52. The third kappa shape index (κ3) is 3.16. The van der Waals surface area contributed by atoms with Gasteiger partial charge in [0.05, 0.1) is 21.3 Å². The molecule has 2 aromatic carbocycles. The molecule has 0 aliphatic carbocycles. The molecule has 2 rings (SSSR count). The molecule has 0 aliphatic heterocycles. The van der Waals surface area contributed by atoms with Crippen molar-refractivity contribution in [1.29, 1.82) is 5.26 Å². The van der Waals surface area contributed by atoms with E-state index in [1.807, 2.05) is 0 Å². The summed E-state index contributed by atoms with van der Waals surface area (Å²) < 4.78 is 13.9. The molecule has 0 amide bonds. The lowest BCUT2D eigenvalue weighted by atomic mass is 10.1. The van der Waals surface area contributed by atoms with Gasteiger partial charge in [-0.2, -0.15) is 5.26 Å². The van der Waals surface area contributed by atoms with Crippen LogP contribution in [0.15, 0.2) is 30.3 Å². The minimum absolute atomic E-state index is 0.00222. The van der Waals surface area contributed by atoms with Crippen molar-refractivity contribution in [1.82, 2.24) is 0 Å². The third-order valence-corrected chi connectivity index (χ3v) is 3.48. The summed E-state index contributed by atoms with van der Waals surface area (Å²) in [5.41, 5.74) is 0.822. The summed E-state index contributed by atoms with van der Waals surface area (Å²) >= 11 is 17.9. The molecule has 0 saturated carbocycles. The normalized spacial score (nSPS) is 10.2. The highest BCUT2D eigenvalue weighted by Crippen LogP contribution is 2.34. The van der Waals surface area contributed by atoms with Crippen LogP contribution in [0.1, 0.15) is 11.1 Å². The van der Waals surface area contributed by atoms with Gasteiger partial charge in [-0.25, -0.2) is 4.39 Å². The van der Waals surface area contributed by atoms with E-state index < -0.39 is 5.82 Å². The lowest BCUT2D eigenvalue weighted by Gasteiger charge is -2.11. The molecule has 102 valence electrons. The zero-order chi connectivity index (χ0) is 14.7. The van der Waals surface area contributed by atoms with Gasteiger partial charge >= 0.3 is 0 Å². The average Bonchev–Trinajstić information content (AvgIpc) is 2.39. The fraction of sp³-hybridized carbons (Fsp3) is 0.0714. The topological polar surface area (TPSA) is 35.8 Å². The van der Waals surface area contributed by atoms with E-state index in [9.17, 15) is 4.39 Å². The number of anilines is 1. The van der Waals surface area contributed by atoms with Crippen LogP contribution in [0.5, 0.6) is 0 Å². The molecule has 0 heterocycles. The summed E-state index contributed by atoms with van der Waals surface area (Å²) in [5, 5.41) is 12.8. The summed E-state index contributed by atoms with van der Waals surface area (Å²) in [6.45, 7) is 0.155. The van der Waals surface area contributed by atoms with Crippen LogP contribution in [0, 0.1) is 17.1 Å². The number of nitrogens with zero attached hydrogens (tertiary/aromatic N) is 1. The smallest absolute Gasteiger partial charge is 0.145 e. The lowest BCUT2D eigenvalue weighted by Crippen LogP contribution is -2.04. The van der Waals surface area contributed by atoms with Crippen molar-refractivity contribution >= 4 is 40.5 Å². The molecule has 2 nitrogen and oxygen atoms in total. The number of halogens is 4. The van der Waals surface area contributed by atoms with Crippen LogP contribution in [0.3, 0.4) is 0 Å². The van der Waals surface area contributed by atoms with Gasteiger partial charge in [-0.15, -0.1) is 0 Å². The molecule has 0 aromatic heterocycles. The van der Waals surface area contributed by atoms with Crippen LogP contribution in [-0.4, -0.2) is 0 Å². The van der Waals surface area contributed by atoms with E-state index in [2.05, 4.69) is 5.32 Å². The Morgan fingerprint density at radius 2 is 1.80 bits per heavy atom. The van der Waals surface area contributed by atoms with E-state index >= 15 is 0 Å². The molecule has 6 heteroatoms. The average molecular weight is 330 g/mol. The van der Waals surface area contributed by atoms with Gasteiger partial charge in [0, 0.05) is 17.1 Å². The van der Waals surface area contributed by atoms with Crippen molar-refractivity contribution in [3.05, 3.63) is 62.3 Å². The van der Waals surface area contributed by atoms with Gasteiger partial charge in [-0.05, 0) is 18.2 Å². The van der Waals surface area contributed by atoms with Gasteiger partial charge in [0.2, 0.25) is 0 Å². The molecule has 0 bridgehead atoms. The second kappa shape index (κ2) is 6.32. The minimum atomic E-state index is -0.552. The van der Waals surface area contributed by atoms with Crippen LogP contribution in [0.4, 0.5) is 10.1 Å². The fourth-order valence-corrected chi connectivity index (χ4v) is 2.65. The Hall–Kier alpha value is -1.47. The maximum atomic E-state index is 13.9. The maximum Gasteiger partial charge on any atom is 0.145 e. The summed E-state index contributed by atoms with van der Waals surface area (Å²) in [6, 6.07) is 9.49. The van der Waals surface area contributed by atoms with Crippen LogP contribution < -0.4 is 5.32 Å². The van der Waals surface area contributed by atoms with Crippen LogP contribution in [-0.2, 0) is 6.54 Å². The molecule has 20 heavy (non-hydrogen) atoms. The van der Waals surface area contributed by atoms with Gasteiger partial charge in [0.15, 0.2) is 0 Å². The largest absolute Gasteiger partial charge is 0.378 e. The Morgan fingerprint density at radius 3 is 2.40 bits per heavy atom. The predicted octanol–water partition coefficient (Wildman–Crippen LogP) is 5.27. The SMILES string of the molecule is N#Cc1cccc(CNc2c(Cl)cc(Cl)cc2Cl)c1F. The quantitative estimate of drug-likeness (QED) is 0.832. The Balaban J connectivity index is 2.24. The lowest BCUT2D eigenvalue weighted by molar-refractivity contribution is 0.609. The summed E-state index contributed by atoms with van der Waals surface area (Å²) in [4.78, 5) is 0. The summed E-state index contributed by atoms with van der Waals surface area (Å²) in [5.74, 6) is -0.552. The number of nitrogens with one attached hydrogen (secondary N) is 1. The monoisotopic (exact) mass is 328 g/mol. The first-order valence-corrected chi connectivity index (χ1v) is 6.72. The molecule has 0 atom stereocenters. The van der Waals surface area contributed by atoms with E-state index in [1.165, 1.54) is 6.07 Å². The molecule has 1 N–H and O–H groups in total. The highest BCUT2D eigenvalue weighted by Gasteiger charge is 2.10. The van der Waals surface area contributed by atoms with Crippen molar-refractivity contribution < 1.29 is 4.39 Å².